The van der Waals surface area contributed by atoms with Crippen LogP contribution in [0.15, 0.2) is 47.5 Å². The number of hydrogen-bond acceptors (Lipinski definition) is 3. The Morgan fingerprint density at radius 2 is 1.91 bits per heavy atom. The predicted octanol–water partition coefficient (Wildman–Crippen LogP) is 2.69. The molecule has 1 N–H and O–H groups in total. The second-order valence-corrected chi connectivity index (χ2v) is 6.31. The van der Waals surface area contributed by atoms with E-state index >= 15 is 0 Å². The Kier molecular flexibility index (Phi) is 4.85. The predicted molar refractivity (Wildman–Crippen MR) is 90.2 cm³/mol. The zero-order valence-corrected chi connectivity index (χ0v) is 13.6. The molecule has 1 aliphatic heterocycles. The maximum absolute atomic E-state index is 12.3. The number of aromatic amines is 1. The lowest BCUT2D eigenvalue weighted by Gasteiger charge is -2.34. The number of carbonyl (C=O) groups excluding carboxylic acids is 1. The average molecular weight is 315 g/mol. The van der Waals surface area contributed by atoms with Gasteiger partial charge in [-0.15, -0.1) is 11.8 Å². The van der Waals surface area contributed by atoms with E-state index in [0.29, 0.717) is 5.69 Å². The Hall–Kier alpha value is -1.72. The van der Waals surface area contributed by atoms with Gasteiger partial charge >= 0.3 is 0 Å². The molecule has 1 amide bonds. The normalized spacial score (nSPS) is 16.0. The molecule has 0 radical (unpaired) electrons. The molecular weight excluding hydrogens is 294 g/mol. The van der Waals surface area contributed by atoms with E-state index in [-0.39, 0.29) is 5.91 Å². The van der Waals surface area contributed by atoms with Gasteiger partial charge in [0.15, 0.2) is 0 Å². The molecule has 22 heavy (non-hydrogen) atoms. The smallest absolute Gasteiger partial charge is 0.270 e. The van der Waals surface area contributed by atoms with Crippen LogP contribution in [0.4, 0.5) is 0 Å². The summed E-state index contributed by atoms with van der Waals surface area (Å²) >= 11 is 1.79. The fraction of sp³-hybridized carbons (Fsp3) is 0.353. The summed E-state index contributed by atoms with van der Waals surface area (Å²) in [5.41, 5.74) is 2.06. The molecule has 1 aromatic heterocycles. The van der Waals surface area contributed by atoms with E-state index in [4.69, 9.17) is 0 Å². The average Bonchev–Trinajstić information content (AvgIpc) is 3.10. The third-order valence-corrected chi connectivity index (χ3v) is 4.91. The number of rotatable bonds is 4. The molecule has 5 heteroatoms. The molecule has 3 rings (SSSR count). The van der Waals surface area contributed by atoms with E-state index in [1.807, 2.05) is 17.0 Å². The highest BCUT2D eigenvalue weighted by molar-refractivity contribution is 7.98. The molecule has 1 aliphatic rings. The molecule has 1 saturated heterocycles. The molecule has 2 aromatic rings. The number of aromatic nitrogens is 1. The van der Waals surface area contributed by atoms with Crippen LogP contribution in [0.25, 0.3) is 0 Å². The van der Waals surface area contributed by atoms with E-state index in [2.05, 4.69) is 40.4 Å². The van der Waals surface area contributed by atoms with E-state index < -0.39 is 0 Å². The van der Waals surface area contributed by atoms with E-state index in [1.54, 1.807) is 18.0 Å². The largest absolute Gasteiger partial charge is 0.357 e. The van der Waals surface area contributed by atoms with Crippen molar-refractivity contribution in [3.63, 3.8) is 0 Å². The van der Waals surface area contributed by atoms with Crippen LogP contribution in [-0.2, 0) is 6.54 Å². The molecule has 0 spiro atoms. The van der Waals surface area contributed by atoms with Crippen molar-refractivity contribution in [2.24, 2.45) is 0 Å². The second kappa shape index (κ2) is 7.03. The first-order valence-electron chi connectivity index (χ1n) is 7.55. The summed E-state index contributed by atoms with van der Waals surface area (Å²) in [7, 11) is 0. The van der Waals surface area contributed by atoms with Crippen LogP contribution in [0, 0.1) is 0 Å². The van der Waals surface area contributed by atoms with Crippen molar-refractivity contribution in [1.82, 2.24) is 14.8 Å². The first-order chi connectivity index (χ1) is 10.8. The van der Waals surface area contributed by atoms with Crippen molar-refractivity contribution in [2.45, 2.75) is 11.4 Å². The van der Waals surface area contributed by atoms with Gasteiger partial charge in [0, 0.05) is 43.8 Å². The molecule has 116 valence electrons. The minimum atomic E-state index is 0.106. The number of benzene rings is 1. The lowest BCUT2D eigenvalue weighted by atomic mass is 10.2. The van der Waals surface area contributed by atoms with Gasteiger partial charge in [-0.2, -0.15) is 0 Å². The van der Waals surface area contributed by atoms with E-state index in [9.17, 15) is 4.79 Å². The fourth-order valence-electron chi connectivity index (χ4n) is 2.82. The monoisotopic (exact) mass is 315 g/mol. The van der Waals surface area contributed by atoms with Crippen LogP contribution < -0.4 is 0 Å². The van der Waals surface area contributed by atoms with Crippen LogP contribution in [0.1, 0.15) is 16.1 Å². The Balaban J connectivity index is 1.57. The first-order valence-corrected chi connectivity index (χ1v) is 8.77. The number of nitrogens with zero attached hydrogens (tertiary/aromatic N) is 2. The molecule has 1 fully saturated rings. The summed E-state index contributed by atoms with van der Waals surface area (Å²) in [6, 6.07) is 12.3. The minimum Gasteiger partial charge on any atom is -0.357 e. The molecule has 2 heterocycles. The minimum absolute atomic E-state index is 0.106. The second-order valence-electron chi connectivity index (χ2n) is 5.46. The standard InChI is InChI=1S/C17H21N3OS/c1-22-16-7-3-2-5-14(16)13-19-9-11-20(12-10-19)17(21)15-6-4-8-18-15/h2-8,18H,9-13H2,1H3. The molecule has 0 saturated carbocycles. The van der Waals surface area contributed by atoms with Crippen LogP contribution in [0.3, 0.4) is 0 Å². The third-order valence-electron chi connectivity index (χ3n) is 4.07. The SMILES string of the molecule is CSc1ccccc1CN1CCN(C(=O)c2ccc[nH]2)CC1. The number of carbonyl (C=O) groups is 1. The summed E-state index contributed by atoms with van der Waals surface area (Å²) in [6.07, 6.45) is 3.91. The van der Waals surface area contributed by atoms with Crippen molar-refractivity contribution in [2.75, 3.05) is 32.4 Å². The number of nitrogens with one attached hydrogen (secondary N) is 1. The Bertz CT molecular complexity index is 619. The zero-order chi connectivity index (χ0) is 15.4. The molecule has 4 nitrogen and oxygen atoms in total. The summed E-state index contributed by atoms with van der Waals surface area (Å²) in [6.45, 7) is 4.39. The maximum atomic E-state index is 12.3. The van der Waals surface area contributed by atoms with Gasteiger partial charge in [-0.3, -0.25) is 9.69 Å². The number of hydrogen-bond donors (Lipinski definition) is 1. The lowest BCUT2D eigenvalue weighted by molar-refractivity contribution is 0.0622. The van der Waals surface area contributed by atoms with Gasteiger partial charge < -0.3 is 9.88 Å². The van der Waals surface area contributed by atoms with Gasteiger partial charge in [-0.05, 0) is 30.0 Å². The molecule has 0 aliphatic carbocycles. The van der Waals surface area contributed by atoms with Gasteiger partial charge in [-0.25, -0.2) is 0 Å². The summed E-state index contributed by atoms with van der Waals surface area (Å²) in [5, 5.41) is 0. The van der Waals surface area contributed by atoms with Gasteiger partial charge in [0.05, 0.1) is 0 Å². The van der Waals surface area contributed by atoms with Crippen molar-refractivity contribution < 1.29 is 4.79 Å². The van der Waals surface area contributed by atoms with Crippen LogP contribution in [0.2, 0.25) is 0 Å². The molecule has 0 atom stereocenters. The number of H-pyrrole nitrogens is 1. The highest BCUT2D eigenvalue weighted by atomic mass is 32.2. The van der Waals surface area contributed by atoms with Crippen molar-refractivity contribution in [1.29, 1.82) is 0 Å². The quantitative estimate of drug-likeness (QED) is 0.882. The molecule has 1 aromatic carbocycles. The maximum Gasteiger partial charge on any atom is 0.270 e. The van der Waals surface area contributed by atoms with Crippen LogP contribution in [0.5, 0.6) is 0 Å². The Morgan fingerprint density at radius 3 is 2.59 bits per heavy atom. The van der Waals surface area contributed by atoms with Gasteiger partial charge in [0.1, 0.15) is 5.69 Å². The van der Waals surface area contributed by atoms with Crippen molar-refractivity contribution in [3.8, 4) is 0 Å². The molecule has 0 unspecified atom stereocenters. The lowest BCUT2D eigenvalue weighted by Crippen LogP contribution is -2.48. The summed E-state index contributed by atoms with van der Waals surface area (Å²) < 4.78 is 0. The highest BCUT2D eigenvalue weighted by Gasteiger charge is 2.22. The van der Waals surface area contributed by atoms with Gasteiger partial charge in [0.2, 0.25) is 0 Å². The van der Waals surface area contributed by atoms with Crippen molar-refractivity contribution >= 4 is 17.7 Å². The molecular formula is C17H21N3OS. The Morgan fingerprint density at radius 1 is 1.14 bits per heavy atom. The third kappa shape index (κ3) is 3.36. The number of amides is 1. The fourth-order valence-corrected chi connectivity index (χ4v) is 3.43. The van der Waals surface area contributed by atoms with Gasteiger partial charge in [-0.1, -0.05) is 18.2 Å². The molecule has 0 bridgehead atoms. The number of piperazine rings is 1. The summed E-state index contributed by atoms with van der Waals surface area (Å²) in [4.78, 5) is 21.0. The van der Waals surface area contributed by atoms with E-state index in [1.165, 1.54) is 10.5 Å². The van der Waals surface area contributed by atoms with Gasteiger partial charge in [0.25, 0.3) is 5.91 Å². The van der Waals surface area contributed by atoms with E-state index in [0.717, 1.165) is 32.7 Å². The Labute approximate surface area is 135 Å². The highest BCUT2D eigenvalue weighted by Crippen LogP contribution is 2.22. The number of thioether (sulfide) groups is 1. The van der Waals surface area contributed by atoms with Crippen LogP contribution in [-0.4, -0.2) is 53.1 Å². The van der Waals surface area contributed by atoms with Crippen LogP contribution >= 0.6 is 11.8 Å². The summed E-state index contributed by atoms with van der Waals surface area (Å²) in [5.74, 6) is 0.106. The zero-order valence-electron chi connectivity index (χ0n) is 12.8. The van der Waals surface area contributed by atoms with Crippen molar-refractivity contribution in [3.05, 3.63) is 53.9 Å². The topological polar surface area (TPSA) is 39.3 Å². The first kappa shape index (κ1) is 15.2.